The molecule has 38 heavy (non-hydrogen) atoms. The molecule has 1 saturated carbocycles. The third kappa shape index (κ3) is 5.70. The van der Waals surface area contributed by atoms with E-state index in [0.717, 1.165) is 49.0 Å². The summed E-state index contributed by atoms with van der Waals surface area (Å²) in [5.74, 6) is -1.73. The molecule has 2 aliphatic rings. The molecular formula is C26H27FN4O5S2. The minimum Gasteiger partial charge on any atom is -0.352 e. The highest BCUT2D eigenvalue weighted by Crippen LogP contribution is 2.35. The number of fused-ring (bicyclic) bond motifs is 1. The van der Waals surface area contributed by atoms with Gasteiger partial charge in [0, 0.05) is 42.6 Å². The quantitative estimate of drug-likeness (QED) is 0.438. The number of hydrogen-bond donors (Lipinski definition) is 2. The number of carbonyl (C=O) groups excluding carboxylic acids is 3. The van der Waals surface area contributed by atoms with Crippen LogP contribution in [0.25, 0.3) is 21.3 Å². The number of carbonyl (C=O) groups is 3. The maximum absolute atomic E-state index is 15.1. The summed E-state index contributed by atoms with van der Waals surface area (Å²) in [5, 5.41) is 3.48. The number of benzene rings is 2. The molecule has 200 valence electrons. The molecule has 0 spiro atoms. The lowest BCUT2D eigenvalue weighted by Gasteiger charge is -2.26. The predicted octanol–water partition coefficient (Wildman–Crippen LogP) is 3.10. The van der Waals surface area contributed by atoms with Crippen LogP contribution < -0.4 is 15.5 Å². The van der Waals surface area contributed by atoms with Crippen molar-refractivity contribution < 1.29 is 27.2 Å². The monoisotopic (exact) mass is 558 g/mol. The Morgan fingerprint density at radius 3 is 2.58 bits per heavy atom. The van der Waals surface area contributed by atoms with E-state index in [1.807, 2.05) is 0 Å². The Hall–Kier alpha value is -3.38. The van der Waals surface area contributed by atoms with Crippen molar-refractivity contribution in [1.29, 1.82) is 0 Å². The summed E-state index contributed by atoms with van der Waals surface area (Å²) in [7, 11) is -3.94. The van der Waals surface area contributed by atoms with Crippen molar-refractivity contribution in [3.63, 3.8) is 0 Å². The second kappa shape index (κ2) is 10.4. The first kappa shape index (κ1) is 26.2. The standard InChI is InChI=1S/C26H27FN4O5S2/c1-38(35,36)24(25(34)28-14-22(32)29-16-7-8-16)26-30-20-13-19(27)18(12-21(20)37-26)15-5-9-17(10-6-15)31-11-3-2-4-23(31)33/h5-6,9-10,12-13,16,24H,2-4,7-8,11,14H2,1H3,(H,28,34)(H,29,32). The van der Waals surface area contributed by atoms with Crippen LogP contribution in [0.1, 0.15) is 42.4 Å². The summed E-state index contributed by atoms with van der Waals surface area (Å²) >= 11 is 0.988. The van der Waals surface area contributed by atoms with E-state index in [0.29, 0.717) is 28.8 Å². The SMILES string of the molecule is CS(=O)(=O)C(C(=O)NCC(=O)NC1CC1)c1nc2cc(F)c(-c3ccc(N4CCCCC4=O)cc3)cc2s1. The molecule has 5 rings (SSSR count). The largest absolute Gasteiger partial charge is 0.352 e. The zero-order valence-corrected chi connectivity index (χ0v) is 22.3. The molecule has 2 heterocycles. The molecule has 1 unspecified atom stereocenters. The van der Waals surface area contributed by atoms with Gasteiger partial charge in [0.25, 0.3) is 0 Å². The van der Waals surface area contributed by atoms with Gasteiger partial charge in [-0.3, -0.25) is 14.4 Å². The highest BCUT2D eigenvalue weighted by molar-refractivity contribution is 7.91. The smallest absolute Gasteiger partial charge is 0.245 e. The van der Waals surface area contributed by atoms with E-state index in [-0.39, 0.29) is 34.9 Å². The molecule has 1 saturated heterocycles. The number of hydrogen-bond acceptors (Lipinski definition) is 7. The molecule has 12 heteroatoms. The average molecular weight is 559 g/mol. The molecule has 3 aromatic rings. The van der Waals surface area contributed by atoms with Crippen molar-refractivity contribution >= 4 is 54.8 Å². The second-order valence-corrected chi connectivity index (χ2v) is 12.9. The number of nitrogens with one attached hydrogen (secondary N) is 2. The predicted molar refractivity (Wildman–Crippen MR) is 143 cm³/mol. The molecule has 2 aromatic carbocycles. The van der Waals surface area contributed by atoms with Gasteiger partial charge in [0.2, 0.25) is 17.7 Å². The molecule has 0 radical (unpaired) electrons. The van der Waals surface area contributed by atoms with E-state index in [2.05, 4.69) is 15.6 Å². The Kier molecular flexibility index (Phi) is 7.19. The molecule has 2 N–H and O–H groups in total. The van der Waals surface area contributed by atoms with Crippen LogP contribution >= 0.6 is 11.3 Å². The van der Waals surface area contributed by atoms with Crippen LogP contribution in [-0.4, -0.2) is 56.5 Å². The number of nitrogens with zero attached hydrogens (tertiary/aromatic N) is 2. The minimum absolute atomic E-state index is 0.00175. The van der Waals surface area contributed by atoms with Gasteiger partial charge >= 0.3 is 0 Å². The Morgan fingerprint density at radius 1 is 1.18 bits per heavy atom. The van der Waals surface area contributed by atoms with Crippen molar-refractivity contribution in [1.82, 2.24) is 15.6 Å². The fourth-order valence-electron chi connectivity index (χ4n) is 4.46. The Morgan fingerprint density at radius 2 is 1.92 bits per heavy atom. The van der Waals surface area contributed by atoms with Crippen LogP contribution in [0.15, 0.2) is 36.4 Å². The van der Waals surface area contributed by atoms with Gasteiger partial charge in [-0.05, 0) is 49.4 Å². The van der Waals surface area contributed by atoms with Crippen LogP contribution in [0.2, 0.25) is 0 Å². The van der Waals surface area contributed by atoms with Gasteiger partial charge in [-0.15, -0.1) is 11.3 Å². The Balaban J connectivity index is 1.39. The van der Waals surface area contributed by atoms with E-state index in [1.54, 1.807) is 35.2 Å². The third-order valence-corrected chi connectivity index (χ3v) is 9.09. The lowest BCUT2D eigenvalue weighted by atomic mass is 10.0. The van der Waals surface area contributed by atoms with Gasteiger partial charge in [-0.2, -0.15) is 0 Å². The number of thiazole rings is 1. The number of sulfone groups is 1. The number of rotatable bonds is 8. The van der Waals surface area contributed by atoms with Gasteiger partial charge in [0.1, 0.15) is 10.8 Å². The Bertz CT molecular complexity index is 1520. The number of aromatic nitrogens is 1. The summed E-state index contributed by atoms with van der Waals surface area (Å²) in [6.07, 6.45) is 5.03. The summed E-state index contributed by atoms with van der Waals surface area (Å²) in [6.45, 7) is 0.312. The summed E-state index contributed by atoms with van der Waals surface area (Å²) in [4.78, 5) is 42.9. The highest BCUT2D eigenvalue weighted by atomic mass is 32.2. The molecule has 1 aliphatic heterocycles. The highest BCUT2D eigenvalue weighted by Gasteiger charge is 2.34. The molecule has 2 fully saturated rings. The van der Waals surface area contributed by atoms with E-state index in [4.69, 9.17) is 0 Å². The lowest BCUT2D eigenvalue weighted by Crippen LogP contribution is -2.41. The van der Waals surface area contributed by atoms with Gasteiger partial charge in [-0.25, -0.2) is 17.8 Å². The normalized spacial score (nSPS) is 16.9. The number of piperidine rings is 1. The molecule has 0 bridgehead atoms. The van der Waals surface area contributed by atoms with E-state index in [9.17, 15) is 22.8 Å². The third-order valence-electron chi connectivity index (χ3n) is 6.56. The molecule has 1 atom stereocenters. The fraction of sp³-hybridized carbons (Fsp3) is 0.385. The number of amides is 3. The zero-order valence-electron chi connectivity index (χ0n) is 20.7. The fourth-order valence-corrected chi connectivity index (χ4v) is 6.98. The van der Waals surface area contributed by atoms with Crippen LogP contribution in [0.3, 0.4) is 0 Å². The van der Waals surface area contributed by atoms with Gasteiger partial charge in [0.15, 0.2) is 15.1 Å². The summed E-state index contributed by atoms with van der Waals surface area (Å²) in [6, 6.07) is 9.95. The van der Waals surface area contributed by atoms with Crippen LogP contribution in [0.4, 0.5) is 10.1 Å². The topological polar surface area (TPSA) is 126 Å². The van der Waals surface area contributed by atoms with E-state index < -0.39 is 26.8 Å². The van der Waals surface area contributed by atoms with Crippen molar-refractivity contribution in [2.45, 2.75) is 43.4 Å². The van der Waals surface area contributed by atoms with Gasteiger partial charge in [-0.1, -0.05) is 12.1 Å². The number of halogens is 1. The van der Waals surface area contributed by atoms with Crippen molar-refractivity contribution in [3.8, 4) is 11.1 Å². The van der Waals surface area contributed by atoms with Crippen molar-refractivity contribution in [2.24, 2.45) is 0 Å². The molecular weight excluding hydrogens is 531 g/mol. The average Bonchev–Trinajstić information content (AvgIpc) is 3.59. The summed E-state index contributed by atoms with van der Waals surface area (Å²) in [5.41, 5.74) is 1.87. The van der Waals surface area contributed by atoms with Crippen LogP contribution in [-0.2, 0) is 24.2 Å². The van der Waals surface area contributed by atoms with Gasteiger partial charge in [0.05, 0.1) is 16.8 Å². The molecule has 1 aliphatic carbocycles. The van der Waals surface area contributed by atoms with E-state index >= 15 is 4.39 Å². The minimum atomic E-state index is -3.94. The van der Waals surface area contributed by atoms with E-state index in [1.165, 1.54) is 6.07 Å². The first-order chi connectivity index (χ1) is 18.1. The van der Waals surface area contributed by atoms with Crippen molar-refractivity contribution in [2.75, 3.05) is 24.2 Å². The maximum atomic E-state index is 15.1. The van der Waals surface area contributed by atoms with Crippen LogP contribution in [0.5, 0.6) is 0 Å². The first-order valence-electron chi connectivity index (χ1n) is 12.4. The first-order valence-corrected chi connectivity index (χ1v) is 15.1. The number of anilines is 1. The second-order valence-electron chi connectivity index (χ2n) is 9.67. The van der Waals surface area contributed by atoms with Crippen LogP contribution in [0, 0.1) is 5.82 Å². The Labute approximate surface area is 223 Å². The zero-order chi connectivity index (χ0) is 27.0. The van der Waals surface area contributed by atoms with Gasteiger partial charge < -0.3 is 15.5 Å². The maximum Gasteiger partial charge on any atom is 0.245 e. The van der Waals surface area contributed by atoms with Crippen molar-refractivity contribution in [3.05, 3.63) is 47.2 Å². The molecule has 9 nitrogen and oxygen atoms in total. The summed E-state index contributed by atoms with van der Waals surface area (Å²) < 4.78 is 40.7. The molecule has 1 aromatic heterocycles. The lowest BCUT2D eigenvalue weighted by molar-refractivity contribution is -0.126. The molecule has 3 amide bonds.